The van der Waals surface area contributed by atoms with Gasteiger partial charge in [0.25, 0.3) is 0 Å². The van der Waals surface area contributed by atoms with E-state index in [-0.39, 0.29) is 6.04 Å². The van der Waals surface area contributed by atoms with E-state index in [1.807, 2.05) is 11.8 Å². The third-order valence-electron chi connectivity index (χ3n) is 2.61. The van der Waals surface area contributed by atoms with Crippen molar-refractivity contribution >= 4 is 11.8 Å². The fourth-order valence-electron chi connectivity index (χ4n) is 1.78. The Morgan fingerprint density at radius 2 is 1.81 bits per heavy atom. The number of thioether (sulfide) groups is 1. The lowest BCUT2D eigenvalue weighted by Crippen LogP contribution is -2.13. The zero-order valence-electron chi connectivity index (χ0n) is 10.6. The van der Waals surface area contributed by atoms with Crippen LogP contribution < -0.4 is 5.73 Å². The SMILES string of the molecule is CCCCSCC(N)c1cc(C)cc(C)c1. The molecular weight excluding hydrogens is 214 g/mol. The molecule has 0 amide bonds. The lowest BCUT2D eigenvalue weighted by molar-refractivity contribution is 0.824. The van der Waals surface area contributed by atoms with Crippen molar-refractivity contribution in [1.82, 2.24) is 0 Å². The summed E-state index contributed by atoms with van der Waals surface area (Å²) in [5.74, 6) is 2.26. The first kappa shape index (κ1) is 13.6. The number of hydrogen-bond acceptors (Lipinski definition) is 2. The molecule has 1 aromatic rings. The van der Waals surface area contributed by atoms with Crippen LogP contribution in [0.15, 0.2) is 18.2 Å². The van der Waals surface area contributed by atoms with Gasteiger partial charge in [-0.1, -0.05) is 42.7 Å². The minimum atomic E-state index is 0.181. The summed E-state index contributed by atoms with van der Waals surface area (Å²) in [7, 11) is 0. The van der Waals surface area contributed by atoms with Gasteiger partial charge in [-0.2, -0.15) is 11.8 Å². The van der Waals surface area contributed by atoms with Crippen LogP contribution in [0.1, 0.15) is 42.5 Å². The highest BCUT2D eigenvalue weighted by atomic mass is 32.2. The molecule has 2 N–H and O–H groups in total. The fraction of sp³-hybridized carbons (Fsp3) is 0.571. The van der Waals surface area contributed by atoms with E-state index in [0.29, 0.717) is 0 Å². The van der Waals surface area contributed by atoms with Gasteiger partial charge in [0.15, 0.2) is 0 Å². The third-order valence-corrected chi connectivity index (χ3v) is 3.78. The smallest absolute Gasteiger partial charge is 0.0386 e. The molecule has 1 unspecified atom stereocenters. The molecule has 1 nitrogen and oxygen atoms in total. The maximum absolute atomic E-state index is 6.19. The number of rotatable bonds is 6. The summed E-state index contributed by atoms with van der Waals surface area (Å²) >= 11 is 1.97. The van der Waals surface area contributed by atoms with Crippen molar-refractivity contribution in [1.29, 1.82) is 0 Å². The van der Waals surface area contributed by atoms with Crippen molar-refractivity contribution in [3.05, 3.63) is 34.9 Å². The minimum absolute atomic E-state index is 0.181. The van der Waals surface area contributed by atoms with Gasteiger partial charge in [-0.3, -0.25) is 0 Å². The number of aryl methyl sites for hydroxylation is 2. The maximum atomic E-state index is 6.19. The molecule has 0 saturated carbocycles. The Balaban J connectivity index is 2.48. The molecule has 0 heterocycles. The molecule has 0 fully saturated rings. The Kier molecular flexibility index (Phi) is 5.93. The van der Waals surface area contributed by atoms with Crippen LogP contribution in [0.5, 0.6) is 0 Å². The van der Waals surface area contributed by atoms with Crippen LogP contribution in [-0.4, -0.2) is 11.5 Å². The van der Waals surface area contributed by atoms with Crippen LogP contribution in [0.25, 0.3) is 0 Å². The highest BCUT2D eigenvalue weighted by molar-refractivity contribution is 7.99. The van der Waals surface area contributed by atoms with Crippen LogP contribution >= 0.6 is 11.8 Å². The quantitative estimate of drug-likeness (QED) is 0.761. The first-order valence-corrected chi connectivity index (χ1v) is 7.20. The molecule has 0 spiro atoms. The first-order chi connectivity index (χ1) is 7.63. The van der Waals surface area contributed by atoms with E-state index in [4.69, 9.17) is 5.73 Å². The van der Waals surface area contributed by atoms with Crippen molar-refractivity contribution in [2.75, 3.05) is 11.5 Å². The lowest BCUT2D eigenvalue weighted by atomic mass is 10.0. The monoisotopic (exact) mass is 237 g/mol. The highest BCUT2D eigenvalue weighted by Crippen LogP contribution is 2.19. The highest BCUT2D eigenvalue weighted by Gasteiger charge is 2.06. The van der Waals surface area contributed by atoms with Gasteiger partial charge in [-0.05, 0) is 31.6 Å². The van der Waals surface area contributed by atoms with E-state index < -0.39 is 0 Å². The second-order valence-electron chi connectivity index (χ2n) is 4.46. The van der Waals surface area contributed by atoms with E-state index >= 15 is 0 Å². The Morgan fingerprint density at radius 1 is 1.19 bits per heavy atom. The molecule has 0 radical (unpaired) electrons. The van der Waals surface area contributed by atoms with Crippen LogP contribution in [0.4, 0.5) is 0 Å². The van der Waals surface area contributed by atoms with Gasteiger partial charge in [0, 0.05) is 11.8 Å². The molecule has 1 atom stereocenters. The molecule has 1 aromatic carbocycles. The Labute approximate surface area is 104 Å². The Hall–Kier alpha value is -0.470. The second-order valence-corrected chi connectivity index (χ2v) is 5.61. The molecule has 2 heteroatoms. The number of hydrogen-bond donors (Lipinski definition) is 1. The zero-order chi connectivity index (χ0) is 12.0. The topological polar surface area (TPSA) is 26.0 Å². The van der Waals surface area contributed by atoms with E-state index in [0.717, 1.165) is 5.75 Å². The maximum Gasteiger partial charge on any atom is 0.0386 e. The van der Waals surface area contributed by atoms with Crippen LogP contribution in [0.3, 0.4) is 0 Å². The summed E-state index contributed by atoms with van der Waals surface area (Å²) in [5.41, 5.74) is 10.1. The minimum Gasteiger partial charge on any atom is -0.323 e. The van der Waals surface area contributed by atoms with E-state index in [1.54, 1.807) is 0 Å². The Bertz CT molecular complexity index is 302. The van der Waals surface area contributed by atoms with Gasteiger partial charge in [-0.15, -0.1) is 0 Å². The molecular formula is C14H23NS. The predicted molar refractivity (Wildman–Crippen MR) is 75.1 cm³/mol. The van der Waals surface area contributed by atoms with Gasteiger partial charge in [-0.25, -0.2) is 0 Å². The molecule has 0 aliphatic heterocycles. The van der Waals surface area contributed by atoms with Gasteiger partial charge >= 0.3 is 0 Å². The average Bonchev–Trinajstić information content (AvgIpc) is 2.22. The van der Waals surface area contributed by atoms with Crippen LogP contribution in [0.2, 0.25) is 0 Å². The standard InChI is InChI=1S/C14H23NS/c1-4-5-6-16-10-14(15)13-8-11(2)7-12(3)9-13/h7-9,14H,4-6,10,15H2,1-3H3. The van der Waals surface area contributed by atoms with Crippen LogP contribution in [-0.2, 0) is 0 Å². The summed E-state index contributed by atoms with van der Waals surface area (Å²) in [6, 6.07) is 6.79. The van der Waals surface area contributed by atoms with Crippen molar-refractivity contribution in [2.45, 2.75) is 39.7 Å². The van der Waals surface area contributed by atoms with Crippen molar-refractivity contribution in [3.63, 3.8) is 0 Å². The molecule has 1 rings (SSSR count). The normalized spacial score (nSPS) is 12.8. The van der Waals surface area contributed by atoms with E-state index in [9.17, 15) is 0 Å². The molecule has 0 aliphatic carbocycles. The van der Waals surface area contributed by atoms with E-state index in [1.165, 1.54) is 35.3 Å². The van der Waals surface area contributed by atoms with Gasteiger partial charge in [0.05, 0.1) is 0 Å². The summed E-state index contributed by atoms with van der Waals surface area (Å²) in [4.78, 5) is 0. The van der Waals surface area contributed by atoms with Gasteiger partial charge in [0.1, 0.15) is 0 Å². The molecule has 16 heavy (non-hydrogen) atoms. The first-order valence-electron chi connectivity index (χ1n) is 6.05. The summed E-state index contributed by atoms with van der Waals surface area (Å²) < 4.78 is 0. The largest absolute Gasteiger partial charge is 0.323 e. The number of nitrogens with two attached hydrogens (primary N) is 1. The third kappa shape index (κ3) is 4.58. The summed E-state index contributed by atoms with van der Waals surface area (Å²) in [5, 5.41) is 0. The summed E-state index contributed by atoms with van der Waals surface area (Å²) in [6.45, 7) is 6.49. The van der Waals surface area contributed by atoms with Crippen LogP contribution in [0, 0.1) is 13.8 Å². The zero-order valence-corrected chi connectivity index (χ0v) is 11.4. The molecule has 0 aliphatic rings. The number of unbranched alkanes of at least 4 members (excludes halogenated alkanes) is 1. The Morgan fingerprint density at radius 3 is 2.38 bits per heavy atom. The van der Waals surface area contributed by atoms with Crippen molar-refractivity contribution in [2.24, 2.45) is 5.73 Å². The lowest BCUT2D eigenvalue weighted by Gasteiger charge is -2.13. The molecule has 0 saturated heterocycles. The van der Waals surface area contributed by atoms with E-state index in [2.05, 4.69) is 39.0 Å². The van der Waals surface area contributed by atoms with Gasteiger partial charge in [0.2, 0.25) is 0 Å². The van der Waals surface area contributed by atoms with Crippen molar-refractivity contribution in [3.8, 4) is 0 Å². The molecule has 0 aromatic heterocycles. The molecule has 90 valence electrons. The predicted octanol–water partition coefficient (Wildman–Crippen LogP) is 3.84. The second kappa shape index (κ2) is 6.97. The fourth-order valence-corrected chi connectivity index (χ4v) is 2.88. The van der Waals surface area contributed by atoms with Gasteiger partial charge < -0.3 is 5.73 Å². The number of benzene rings is 1. The van der Waals surface area contributed by atoms with Crippen molar-refractivity contribution < 1.29 is 0 Å². The summed E-state index contributed by atoms with van der Waals surface area (Å²) in [6.07, 6.45) is 2.57. The molecule has 0 bridgehead atoms. The average molecular weight is 237 g/mol.